The highest BCUT2D eigenvalue weighted by Gasteiger charge is 2.22. The molecule has 0 aromatic carbocycles. The van der Waals surface area contributed by atoms with Gasteiger partial charge in [-0.3, -0.25) is 4.90 Å². The first-order chi connectivity index (χ1) is 9.72. The first-order valence-electron chi connectivity index (χ1n) is 8.08. The first kappa shape index (κ1) is 16.3. The van der Waals surface area contributed by atoms with Crippen LogP contribution in [-0.2, 0) is 0 Å². The number of likely N-dealkylation sites (tertiary alicyclic amines) is 1. The molecule has 2 heteroatoms. The largest absolute Gasteiger partial charge is 0.297 e. The minimum Gasteiger partial charge on any atom is -0.297 e. The summed E-state index contributed by atoms with van der Waals surface area (Å²) in [5.74, 6) is 0.775. The van der Waals surface area contributed by atoms with Crippen molar-refractivity contribution in [1.82, 2.24) is 4.90 Å². The molecule has 0 aromatic heterocycles. The molecule has 112 valence electrons. The van der Waals surface area contributed by atoms with Crippen LogP contribution in [-0.4, -0.2) is 28.5 Å². The lowest BCUT2D eigenvalue weighted by Crippen LogP contribution is -2.39. The SMILES string of the molecule is CC(CI)CC1=CCC=CC=C1C(C)N1CCCCC1. The van der Waals surface area contributed by atoms with E-state index in [1.165, 1.54) is 43.2 Å². The molecule has 2 atom stereocenters. The molecule has 1 aliphatic carbocycles. The topological polar surface area (TPSA) is 3.24 Å². The van der Waals surface area contributed by atoms with Gasteiger partial charge in [-0.05, 0) is 62.8 Å². The fourth-order valence-electron chi connectivity index (χ4n) is 3.23. The summed E-state index contributed by atoms with van der Waals surface area (Å²) in [6.07, 6.45) is 15.9. The molecular formula is C18H28IN. The van der Waals surface area contributed by atoms with Gasteiger partial charge in [0.05, 0.1) is 0 Å². The average Bonchev–Trinajstić information content (AvgIpc) is 2.72. The maximum atomic E-state index is 2.68. The molecule has 1 saturated heterocycles. The van der Waals surface area contributed by atoms with E-state index in [1.54, 1.807) is 11.1 Å². The Morgan fingerprint density at radius 1 is 1.20 bits per heavy atom. The third-order valence-electron chi connectivity index (χ3n) is 4.50. The van der Waals surface area contributed by atoms with Gasteiger partial charge in [-0.2, -0.15) is 0 Å². The van der Waals surface area contributed by atoms with E-state index >= 15 is 0 Å². The number of halogens is 1. The Morgan fingerprint density at radius 2 is 1.95 bits per heavy atom. The van der Waals surface area contributed by atoms with Gasteiger partial charge in [0.15, 0.2) is 0 Å². The van der Waals surface area contributed by atoms with Crippen LogP contribution in [0.1, 0.15) is 46.0 Å². The van der Waals surface area contributed by atoms with Crippen LogP contribution in [0.15, 0.2) is 35.5 Å². The molecule has 1 aliphatic heterocycles. The Bertz CT molecular complexity index is 388. The Hall–Kier alpha value is -0.0900. The zero-order valence-electron chi connectivity index (χ0n) is 12.9. The molecule has 0 radical (unpaired) electrons. The Morgan fingerprint density at radius 3 is 2.65 bits per heavy atom. The van der Waals surface area contributed by atoms with Crippen LogP contribution in [0.3, 0.4) is 0 Å². The molecular weight excluding hydrogens is 357 g/mol. The summed E-state index contributed by atoms with van der Waals surface area (Å²) in [5, 5.41) is 0. The van der Waals surface area contributed by atoms with Gasteiger partial charge in [0.2, 0.25) is 0 Å². The van der Waals surface area contributed by atoms with Gasteiger partial charge in [-0.1, -0.05) is 60.2 Å². The summed E-state index contributed by atoms with van der Waals surface area (Å²) in [6.45, 7) is 7.32. The molecule has 0 spiro atoms. The summed E-state index contributed by atoms with van der Waals surface area (Å²) >= 11 is 2.51. The Balaban J connectivity index is 2.11. The molecule has 2 rings (SSSR count). The van der Waals surface area contributed by atoms with E-state index in [0.717, 1.165) is 12.3 Å². The predicted octanol–water partition coefficient (Wildman–Crippen LogP) is 5.13. The van der Waals surface area contributed by atoms with Crippen molar-refractivity contribution in [3.05, 3.63) is 35.5 Å². The lowest BCUT2D eigenvalue weighted by atomic mass is 9.90. The van der Waals surface area contributed by atoms with E-state index in [-0.39, 0.29) is 0 Å². The van der Waals surface area contributed by atoms with Crippen LogP contribution >= 0.6 is 22.6 Å². The molecule has 0 saturated carbocycles. The monoisotopic (exact) mass is 385 g/mol. The average molecular weight is 385 g/mol. The fraction of sp³-hybridized carbons (Fsp3) is 0.667. The van der Waals surface area contributed by atoms with Gasteiger partial charge in [0.1, 0.15) is 0 Å². The zero-order chi connectivity index (χ0) is 14.4. The van der Waals surface area contributed by atoms with Crippen LogP contribution in [0.25, 0.3) is 0 Å². The molecule has 0 N–H and O–H groups in total. The maximum absolute atomic E-state index is 2.68. The normalized spacial score (nSPS) is 23.8. The molecule has 1 heterocycles. The number of allylic oxidation sites excluding steroid dienone is 4. The molecule has 1 nitrogen and oxygen atoms in total. The van der Waals surface area contributed by atoms with Crippen LogP contribution < -0.4 is 0 Å². The summed E-state index contributed by atoms with van der Waals surface area (Å²) < 4.78 is 1.24. The van der Waals surface area contributed by atoms with Crippen LogP contribution in [0, 0.1) is 5.92 Å². The standard InChI is InChI=1S/C18H28IN/c1-15(14-19)13-17-9-5-3-6-10-18(17)16(2)20-11-7-4-8-12-20/h3,6,9-10,15-16H,4-5,7-8,11-14H2,1-2H3. The summed E-state index contributed by atoms with van der Waals surface area (Å²) in [6, 6.07) is 0.575. The highest BCUT2D eigenvalue weighted by Crippen LogP contribution is 2.29. The van der Waals surface area contributed by atoms with E-state index in [1.807, 2.05) is 0 Å². The van der Waals surface area contributed by atoms with Crippen molar-refractivity contribution in [2.24, 2.45) is 5.92 Å². The second-order valence-corrected chi connectivity index (χ2v) is 7.13. The molecule has 1 fully saturated rings. The molecule has 2 unspecified atom stereocenters. The van der Waals surface area contributed by atoms with Gasteiger partial charge < -0.3 is 0 Å². The van der Waals surface area contributed by atoms with E-state index in [4.69, 9.17) is 0 Å². The van der Waals surface area contributed by atoms with E-state index < -0.39 is 0 Å². The molecule has 20 heavy (non-hydrogen) atoms. The van der Waals surface area contributed by atoms with Crippen LogP contribution in [0.4, 0.5) is 0 Å². The number of hydrogen-bond donors (Lipinski definition) is 0. The predicted molar refractivity (Wildman–Crippen MR) is 97.5 cm³/mol. The van der Waals surface area contributed by atoms with Crippen molar-refractivity contribution in [3.8, 4) is 0 Å². The van der Waals surface area contributed by atoms with Crippen molar-refractivity contribution >= 4 is 22.6 Å². The van der Waals surface area contributed by atoms with Crippen LogP contribution in [0.2, 0.25) is 0 Å². The maximum Gasteiger partial charge on any atom is 0.0322 e. The quantitative estimate of drug-likeness (QED) is 0.468. The first-order valence-corrected chi connectivity index (χ1v) is 9.61. The molecule has 0 amide bonds. The summed E-state index contributed by atoms with van der Waals surface area (Å²) in [4.78, 5) is 2.68. The van der Waals surface area contributed by atoms with Gasteiger partial charge in [-0.15, -0.1) is 0 Å². The minimum absolute atomic E-state index is 0.575. The van der Waals surface area contributed by atoms with Crippen molar-refractivity contribution in [1.29, 1.82) is 0 Å². The number of rotatable bonds is 5. The van der Waals surface area contributed by atoms with E-state index in [9.17, 15) is 0 Å². The second-order valence-electron chi connectivity index (χ2n) is 6.25. The minimum atomic E-state index is 0.575. The second kappa shape index (κ2) is 8.38. The lowest BCUT2D eigenvalue weighted by Gasteiger charge is -2.35. The van der Waals surface area contributed by atoms with Gasteiger partial charge >= 0.3 is 0 Å². The Kier molecular flexibility index (Phi) is 6.82. The highest BCUT2D eigenvalue weighted by molar-refractivity contribution is 14.1. The third-order valence-corrected chi connectivity index (χ3v) is 6.01. The zero-order valence-corrected chi connectivity index (χ0v) is 15.1. The van der Waals surface area contributed by atoms with Crippen LogP contribution in [0.5, 0.6) is 0 Å². The third kappa shape index (κ3) is 4.45. The lowest BCUT2D eigenvalue weighted by molar-refractivity contribution is 0.195. The molecule has 2 aliphatic rings. The smallest absolute Gasteiger partial charge is 0.0322 e. The fourth-order valence-corrected chi connectivity index (χ4v) is 3.54. The van der Waals surface area contributed by atoms with Crippen molar-refractivity contribution < 1.29 is 0 Å². The number of piperidine rings is 1. The molecule has 0 aromatic rings. The van der Waals surface area contributed by atoms with Crippen molar-refractivity contribution in [2.75, 3.05) is 17.5 Å². The van der Waals surface area contributed by atoms with Crippen molar-refractivity contribution in [3.63, 3.8) is 0 Å². The van der Waals surface area contributed by atoms with Crippen molar-refractivity contribution in [2.45, 2.75) is 52.0 Å². The van der Waals surface area contributed by atoms with Gasteiger partial charge in [0, 0.05) is 10.5 Å². The number of alkyl halides is 1. The highest BCUT2D eigenvalue weighted by atomic mass is 127. The number of nitrogens with zero attached hydrogens (tertiary/aromatic N) is 1. The summed E-state index contributed by atoms with van der Waals surface area (Å²) in [5.41, 5.74) is 3.16. The van der Waals surface area contributed by atoms with E-state index in [0.29, 0.717) is 6.04 Å². The van der Waals surface area contributed by atoms with Gasteiger partial charge in [0.25, 0.3) is 0 Å². The van der Waals surface area contributed by atoms with E-state index in [2.05, 4.69) is 65.6 Å². The Labute approximate surface area is 138 Å². The molecule has 0 bridgehead atoms. The number of hydrogen-bond acceptors (Lipinski definition) is 1. The van der Waals surface area contributed by atoms with Gasteiger partial charge in [-0.25, -0.2) is 0 Å². The summed E-state index contributed by atoms with van der Waals surface area (Å²) in [7, 11) is 0.